The maximum absolute atomic E-state index is 6.47. The first-order valence-corrected chi connectivity index (χ1v) is 0.507. The molecule has 0 aliphatic rings. The molecule has 0 aromatic heterocycles. The average molecular weight is 157 g/mol. The minimum absolute atomic E-state index is 0. The van der Waals surface area contributed by atoms with Crippen molar-refractivity contribution in [2.45, 2.75) is 0 Å². The molecule has 4 heavy (non-hydrogen) atoms. The Morgan fingerprint density at radius 2 is 1.50 bits per heavy atom. The first-order chi connectivity index (χ1) is 1.00. The van der Waals surface area contributed by atoms with E-state index in [9.17, 15) is 0 Å². The standard InChI is InChI=1S/BrH.ClHO.Na.H/c;1-2;;/h1H;2H;;/q;;+1;-1. The van der Waals surface area contributed by atoms with Gasteiger partial charge in [0, 0.05) is 0 Å². The van der Waals surface area contributed by atoms with Gasteiger partial charge in [0.05, 0.1) is 11.9 Å². The van der Waals surface area contributed by atoms with Crippen LogP contribution in [0.3, 0.4) is 0 Å². The molecule has 0 saturated carbocycles. The molecule has 0 spiro atoms. The number of rotatable bonds is 0. The summed E-state index contributed by atoms with van der Waals surface area (Å²) >= 11 is 3.64. The van der Waals surface area contributed by atoms with Crippen molar-refractivity contribution in [1.82, 2.24) is 0 Å². The Hall–Kier alpha value is 1.73. The number of halogens is 2. The van der Waals surface area contributed by atoms with Gasteiger partial charge in [-0.2, -0.15) is 0 Å². The van der Waals surface area contributed by atoms with E-state index in [0.29, 0.717) is 0 Å². The summed E-state index contributed by atoms with van der Waals surface area (Å²) in [4.78, 5) is 0. The molecule has 24 valence electrons. The van der Waals surface area contributed by atoms with Crippen LogP contribution < -0.4 is 29.6 Å². The van der Waals surface area contributed by atoms with Crippen LogP contribution >= 0.6 is 28.8 Å². The van der Waals surface area contributed by atoms with Gasteiger partial charge in [0.15, 0.2) is 0 Å². The normalized spacial score (nSPS) is 1.50. The molecule has 0 saturated heterocycles. The fraction of sp³-hybridized carbons (Fsp3) is 0. The van der Waals surface area contributed by atoms with Gasteiger partial charge in [0.2, 0.25) is 0 Å². The summed E-state index contributed by atoms with van der Waals surface area (Å²) in [6.45, 7) is 0. The summed E-state index contributed by atoms with van der Waals surface area (Å²) in [5.74, 6) is 0. The molecule has 0 radical (unpaired) electrons. The van der Waals surface area contributed by atoms with Gasteiger partial charge in [-0.25, -0.2) is 0 Å². The van der Waals surface area contributed by atoms with Gasteiger partial charge in [0.25, 0.3) is 0 Å². The molecular formula is H3BrClNaO. The third-order valence-corrected chi connectivity index (χ3v) is 0. The van der Waals surface area contributed by atoms with Crippen molar-refractivity contribution >= 4 is 28.8 Å². The summed E-state index contributed by atoms with van der Waals surface area (Å²) in [5, 5.41) is 0. The van der Waals surface area contributed by atoms with Crippen LogP contribution in [-0.4, -0.2) is 4.66 Å². The minimum atomic E-state index is 0. The Bertz CT molecular complexity index is 11.6. The van der Waals surface area contributed by atoms with E-state index in [1.54, 1.807) is 0 Å². The van der Waals surface area contributed by atoms with E-state index >= 15 is 0 Å². The fourth-order valence-electron chi connectivity index (χ4n) is 0. The van der Waals surface area contributed by atoms with Gasteiger partial charge in [-0.05, 0) is 0 Å². The van der Waals surface area contributed by atoms with Gasteiger partial charge < -0.3 is 1.43 Å². The van der Waals surface area contributed by atoms with Crippen molar-refractivity contribution < 1.29 is 35.6 Å². The fourth-order valence-corrected chi connectivity index (χ4v) is 0. The van der Waals surface area contributed by atoms with Crippen molar-refractivity contribution in [1.29, 1.82) is 0 Å². The molecule has 0 aliphatic carbocycles. The SMILES string of the molecule is Br.OCl.[H-].[Na+]. The topological polar surface area (TPSA) is 20.2 Å². The first kappa shape index (κ1) is 17.2. The molecule has 0 fully saturated rings. The Morgan fingerprint density at radius 1 is 1.50 bits per heavy atom. The molecule has 0 unspecified atom stereocenters. The van der Waals surface area contributed by atoms with E-state index in [4.69, 9.17) is 4.66 Å². The maximum Gasteiger partial charge on any atom is 1.00 e. The van der Waals surface area contributed by atoms with Crippen LogP contribution in [0.2, 0.25) is 0 Å². The van der Waals surface area contributed by atoms with Crippen LogP contribution in [-0.2, 0) is 0 Å². The van der Waals surface area contributed by atoms with E-state index in [1.807, 2.05) is 0 Å². The van der Waals surface area contributed by atoms with Crippen molar-refractivity contribution in [3.63, 3.8) is 0 Å². The molecule has 0 aromatic rings. The van der Waals surface area contributed by atoms with E-state index in [1.165, 1.54) is 0 Å². The second kappa shape index (κ2) is 22.0. The van der Waals surface area contributed by atoms with Crippen LogP contribution in [0.4, 0.5) is 0 Å². The summed E-state index contributed by atoms with van der Waals surface area (Å²) in [6.07, 6.45) is 0. The van der Waals surface area contributed by atoms with Crippen molar-refractivity contribution in [2.75, 3.05) is 0 Å². The van der Waals surface area contributed by atoms with Gasteiger partial charge in [-0.15, -0.1) is 17.0 Å². The summed E-state index contributed by atoms with van der Waals surface area (Å²) in [5.41, 5.74) is 0. The van der Waals surface area contributed by atoms with Gasteiger partial charge >= 0.3 is 29.6 Å². The minimum Gasteiger partial charge on any atom is -1.00 e. The van der Waals surface area contributed by atoms with E-state index in [2.05, 4.69) is 11.9 Å². The molecule has 0 aromatic carbocycles. The summed E-state index contributed by atoms with van der Waals surface area (Å²) < 4.78 is 6.47. The molecule has 1 nitrogen and oxygen atoms in total. The monoisotopic (exact) mass is 156 g/mol. The predicted octanol–water partition coefficient (Wildman–Crippen LogP) is -2.17. The van der Waals surface area contributed by atoms with Crippen molar-refractivity contribution in [3.8, 4) is 0 Å². The van der Waals surface area contributed by atoms with Gasteiger partial charge in [0.1, 0.15) is 0 Å². The summed E-state index contributed by atoms with van der Waals surface area (Å²) in [7, 11) is 0. The third kappa shape index (κ3) is 9.29. The molecular weight excluding hydrogens is 154 g/mol. The van der Waals surface area contributed by atoms with Crippen molar-refractivity contribution in [2.24, 2.45) is 0 Å². The number of hydrogen-bond donors (Lipinski definition) is 1. The van der Waals surface area contributed by atoms with Crippen LogP contribution in [0.5, 0.6) is 0 Å². The van der Waals surface area contributed by atoms with Gasteiger partial charge in [-0.3, -0.25) is 4.66 Å². The average Bonchev–Trinajstić information content (AvgIpc) is 1.00. The molecule has 4 heteroatoms. The molecule has 0 bridgehead atoms. The first-order valence-electron chi connectivity index (χ1n) is 0.169. The Morgan fingerprint density at radius 3 is 1.50 bits per heavy atom. The second-order valence-corrected chi connectivity index (χ2v) is 0. The molecule has 0 amide bonds. The van der Waals surface area contributed by atoms with Crippen LogP contribution in [0.1, 0.15) is 1.43 Å². The Kier molecular flexibility index (Phi) is 94.6. The second-order valence-electron chi connectivity index (χ2n) is 0. The van der Waals surface area contributed by atoms with E-state index < -0.39 is 0 Å². The van der Waals surface area contributed by atoms with Crippen molar-refractivity contribution in [3.05, 3.63) is 0 Å². The molecule has 0 heterocycles. The maximum atomic E-state index is 6.47. The number of hydrogen-bond acceptors (Lipinski definition) is 1. The molecule has 0 aliphatic heterocycles. The zero-order valence-corrected chi connectivity index (χ0v) is 6.70. The molecule has 1 N–H and O–H groups in total. The largest absolute Gasteiger partial charge is 1.00 e. The van der Waals surface area contributed by atoms with E-state index in [-0.39, 0.29) is 48.0 Å². The Balaban J connectivity index is -0.00000000167. The zero-order valence-electron chi connectivity index (χ0n) is 3.23. The smallest absolute Gasteiger partial charge is 1.00 e. The van der Waals surface area contributed by atoms with Crippen LogP contribution in [0.15, 0.2) is 0 Å². The quantitative estimate of drug-likeness (QED) is 0.397. The summed E-state index contributed by atoms with van der Waals surface area (Å²) in [6, 6.07) is 0. The van der Waals surface area contributed by atoms with Gasteiger partial charge in [-0.1, -0.05) is 0 Å². The zero-order chi connectivity index (χ0) is 2.00. The predicted molar refractivity (Wildman–Crippen MR) is 19.5 cm³/mol. The third-order valence-electron chi connectivity index (χ3n) is 0. The van der Waals surface area contributed by atoms with Crippen LogP contribution in [0, 0.1) is 0 Å². The molecule has 0 rings (SSSR count). The van der Waals surface area contributed by atoms with E-state index in [0.717, 1.165) is 0 Å². The van der Waals surface area contributed by atoms with Crippen LogP contribution in [0.25, 0.3) is 0 Å². The molecule has 0 atom stereocenters. The Labute approximate surface area is 64.1 Å².